The van der Waals surface area contributed by atoms with E-state index in [9.17, 15) is 8.42 Å². The van der Waals surface area contributed by atoms with E-state index < -0.39 is 10.2 Å². The number of nitrogens with zero attached hydrogens (tertiary/aromatic N) is 5. The first kappa shape index (κ1) is 19.0. The number of piperidine rings is 1. The molecule has 3 heterocycles. The Morgan fingerprint density at radius 1 is 1.19 bits per heavy atom. The lowest BCUT2D eigenvalue weighted by atomic mass is 9.91. The summed E-state index contributed by atoms with van der Waals surface area (Å²) in [6.07, 6.45) is 6.44. The minimum atomic E-state index is -3.29. The van der Waals surface area contributed by atoms with Gasteiger partial charge in [-0.15, -0.1) is 0 Å². The van der Waals surface area contributed by atoms with Crippen LogP contribution in [0.2, 0.25) is 0 Å². The Balaban J connectivity index is 1.59. The van der Waals surface area contributed by atoms with Crippen molar-refractivity contribution >= 4 is 10.2 Å². The average molecular weight is 378 g/mol. The maximum Gasteiger partial charge on any atom is 0.281 e. The van der Waals surface area contributed by atoms with E-state index in [1.54, 1.807) is 24.6 Å². The first-order chi connectivity index (χ1) is 12.4. The molecule has 1 fully saturated rings. The molecule has 0 N–H and O–H groups in total. The monoisotopic (exact) mass is 377 g/mol. The quantitative estimate of drug-likeness (QED) is 0.772. The summed E-state index contributed by atoms with van der Waals surface area (Å²) >= 11 is 0. The van der Waals surface area contributed by atoms with Crippen LogP contribution in [0.5, 0.6) is 0 Å². The van der Waals surface area contributed by atoms with Gasteiger partial charge in [0.05, 0.1) is 11.4 Å². The Hall–Kier alpha value is -1.77. The van der Waals surface area contributed by atoms with Crippen LogP contribution in [-0.2, 0) is 23.2 Å². The van der Waals surface area contributed by atoms with Crippen molar-refractivity contribution in [1.29, 1.82) is 0 Å². The second-order valence-electron chi connectivity index (χ2n) is 6.92. The van der Waals surface area contributed by atoms with Crippen LogP contribution in [0.15, 0.2) is 30.6 Å². The molecule has 0 unspecified atom stereocenters. The number of hydrogen-bond donors (Lipinski definition) is 0. The summed E-state index contributed by atoms with van der Waals surface area (Å²) in [6, 6.07) is 6.15. The molecule has 1 aliphatic rings. The molecule has 142 valence electrons. The van der Waals surface area contributed by atoms with Gasteiger partial charge in [-0.3, -0.25) is 9.67 Å². The minimum absolute atomic E-state index is 0.498. The van der Waals surface area contributed by atoms with Crippen LogP contribution in [0.25, 0.3) is 11.4 Å². The molecule has 0 aromatic carbocycles. The summed E-state index contributed by atoms with van der Waals surface area (Å²) in [4.78, 5) is 4.60. The maximum absolute atomic E-state index is 12.2. The van der Waals surface area contributed by atoms with E-state index in [0.717, 1.165) is 37.2 Å². The highest BCUT2D eigenvalue weighted by atomic mass is 32.2. The van der Waals surface area contributed by atoms with Gasteiger partial charge in [-0.05, 0) is 49.8 Å². The van der Waals surface area contributed by atoms with Gasteiger partial charge in [-0.2, -0.15) is 22.1 Å². The van der Waals surface area contributed by atoms with Crippen LogP contribution >= 0.6 is 0 Å². The molecule has 0 spiro atoms. The fraction of sp³-hybridized carbons (Fsp3) is 0.556. The third kappa shape index (κ3) is 3.97. The Morgan fingerprint density at radius 3 is 2.50 bits per heavy atom. The molecule has 7 nitrogen and oxygen atoms in total. The second-order valence-corrected chi connectivity index (χ2v) is 9.06. The van der Waals surface area contributed by atoms with Crippen LogP contribution < -0.4 is 0 Å². The summed E-state index contributed by atoms with van der Waals surface area (Å²) in [5.41, 5.74) is 3.16. The Morgan fingerprint density at radius 2 is 1.92 bits per heavy atom. The fourth-order valence-electron chi connectivity index (χ4n) is 3.41. The second kappa shape index (κ2) is 7.85. The van der Waals surface area contributed by atoms with Gasteiger partial charge in [0.2, 0.25) is 0 Å². The Kier molecular flexibility index (Phi) is 5.74. The molecule has 26 heavy (non-hydrogen) atoms. The zero-order valence-corrected chi connectivity index (χ0v) is 16.5. The van der Waals surface area contributed by atoms with Crippen molar-refractivity contribution < 1.29 is 8.42 Å². The first-order valence-electron chi connectivity index (χ1n) is 9.06. The molecule has 2 aromatic rings. The third-order valence-corrected chi connectivity index (χ3v) is 6.93. The summed E-state index contributed by atoms with van der Waals surface area (Å²) in [5, 5.41) is 4.29. The van der Waals surface area contributed by atoms with E-state index >= 15 is 0 Å². The lowest BCUT2D eigenvalue weighted by Gasteiger charge is -2.32. The zero-order valence-electron chi connectivity index (χ0n) is 15.7. The van der Waals surface area contributed by atoms with Gasteiger partial charge in [-0.25, -0.2) is 0 Å². The van der Waals surface area contributed by atoms with Crippen molar-refractivity contribution in [2.45, 2.75) is 32.7 Å². The molecule has 1 aliphatic heterocycles. The number of aryl methyl sites for hydroxylation is 1. The highest BCUT2D eigenvalue weighted by molar-refractivity contribution is 7.86. The molecule has 0 bridgehead atoms. The fourth-order valence-corrected chi connectivity index (χ4v) is 4.54. The predicted molar refractivity (Wildman–Crippen MR) is 102 cm³/mol. The largest absolute Gasteiger partial charge is 0.281 e. The summed E-state index contributed by atoms with van der Waals surface area (Å²) in [6.45, 7) is 4.06. The van der Waals surface area contributed by atoms with Crippen LogP contribution in [0.1, 0.15) is 25.3 Å². The van der Waals surface area contributed by atoms with Gasteiger partial charge in [0.25, 0.3) is 10.2 Å². The molecule has 0 aliphatic carbocycles. The van der Waals surface area contributed by atoms with Crippen molar-refractivity contribution in [3.63, 3.8) is 0 Å². The Bertz CT molecular complexity index is 822. The van der Waals surface area contributed by atoms with Crippen molar-refractivity contribution in [3.8, 4) is 11.4 Å². The van der Waals surface area contributed by atoms with Crippen LogP contribution in [-0.4, -0.2) is 59.0 Å². The summed E-state index contributed by atoms with van der Waals surface area (Å²) in [7, 11) is -0.123. The van der Waals surface area contributed by atoms with Gasteiger partial charge in [-0.1, -0.05) is 6.07 Å². The lowest BCUT2D eigenvalue weighted by molar-refractivity contribution is 0.262. The van der Waals surface area contributed by atoms with E-state index in [2.05, 4.69) is 23.1 Å². The van der Waals surface area contributed by atoms with E-state index in [1.165, 1.54) is 9.87 Å². The highest BCUT2D eigenvalue weighted by Crippen LogP contribution is 2.24. The summed E-state index contributed by atoms with van der Waals surface area (Å²) in [5.74, 6) is 0.498. The van der Waals surface area contributed by atoms with Crippen molar-refractivity contribution in [3.05, 3.63) is 36.2 Å². The number of rotatable bonds is 6. The molecule has 3 rings (SSSR count). The van der Waals surface area contributed by atoms with Crippen LogP contribution in [0, 0.1) is 5.92 Å². The van der Waals surface area contributed by atoms with Gasteiger partial charge < -0.3 is 0 Å². The lowest BCUT2D eigenvalue weighted by Crippen LogP contribution is -2.44. The first-order valence-corrected chi connectivity index (χ1v) is 10.5. The molecule has 2 aromatic heterocycles. The van der Waals surface area contributed by atoms with E-state index in [4.69, 9.17) is 0 Å². The van der Waals surface area contributed by atoms with Gasteiger partial charge in [0.15, 0.2) is 0 Å². The van der Waals surface area contributed by atoms with Crippen LogP contribution in [0.3, 0.4) is 0 Å². The van der Waals surface area contributed by atoms with Crippen molar-refractivity contribution in [2.75, 3.05) is 27.2 Å². The van der Waals surface area contributed by atoms with E-state index in [0.29, 0.717) is 19.0 Å². The van der Waals surface area contributed by atoms with Crippen molar-refractivity contribution in [1.82, 2.24) is 23.4 Å². The van der Waals surface area contributed by atoms with Crippen LogP contribution in [0.4, 0.5) is 0 Å². The predicted octanol–water partition coefficient (Wildman–Crippen LogP) is 2.03. The molecule has 1 saturated heterocycles. The van der Waals surface area contributed by atoms with Crippen molar-refractivity contribution in [2.24, 2.45) is 5.92 Å². The molecule has 0 atom stereocenters. The number of aromatic nitrogens is 3. The molecule has 0 saturated carbocycles. The molecule has 0 radical (unpaired) electrons. The molecular weight excluding hydrogens is 350 g/mol. The number of hydrogen-bond acceptors (Lipinski definition) is 4. The SMILES string of the molecule is CCn1nccc1-c1ccc(CC2CCN(S(=O)(=O)N(C)C)CC2)cn1. The van der Waals surface area contributed by atoms with Gasteiger partial charge >= 0.3 is 0 Å². The van der Waals surface area contributed by atoms with Gasteiger partial charge in [0, 0.05) is 46.1 Å². The maximum atomic E-state index is 12.2. The molecular formula is C18H27N5O2S. The van der Waals surface area contributed by atoms with Gasteiger partial charge in [0.1, 0.15) is 0 Å². The zero-order chi connectivity index (χ0) is 18.7. The Labute approximate surface area is 155 Å². The average Bonchev–Trinajstić information content (AvgIpc) is 3.11. The molecule has 8 heteroatoms. The topological polar surface area (TPSA) is 71.3 Å². The minimum Gasteiger partial charge on any atom is -0.264 e. The standard InChI is InChI=1S/C18H27N5O2S/c1-4-23-18(7-10-20-23)17-6-5-16(14-19-17)13-15-8-11-22(12-9-15)26(24,25)21(2)3/h5-7,10,14-15H,4,8-9,11-13H2,1-3H3. The normalized spacial score (nSPS) is 17.1. The number of pyridine rings is 1. The third-order valence-electron chi connectivity index (χ3n) is 4.99. The van der Waals surface area contributed by atoms with E-state index in [1.807, 2.05) is 23.0 Å². The smallest absolute Gasteiger partial charge is 0.264 e. The van der Waals surface area contributed by atoms with E-state index in [-0.39, 0.29) is 0 Å². The highest BCUT2D eigenvalue weighted by Gasteiger charge is 2.29. The molecule has 0 amide bonds. The summed E-state index contributed by atoms with van der Waals surface area (Å²) < 4.78 is 29.2.